The maximum absolute atomic E-state index is 11.5. The van der Waals surface area contributed by atoms with Gasteiger partial charge in [-0.15, -0.1) is 0 Å². The van der Waals surface area contributed by atoms with E-state index in [1.54, 1.807) is 13.0 Å². The second-order valence-corrected chi connectivity index (χ2v) is 5.45. The van der Waals surface area contributed by atoms with Gasteiger partial charge >= 0.3 is 0 Å². The molecule has 0 saturated carbocycles. The molecule has 16 heavy (non-hydrogen) atoms. The van der Waals surface area contributed by atoms with Gasteiger partial charge in [0.2, 0.25) is 10.0 Å². The van der Waals surface area contributed by atoms with Crippen LogP contribution in [-0.2, 0) is 16.6 Å². The van der Waals surface area contributed by atoms with E-state index in [1.807, 2.05) is 25.1 Å². The van der Waals surface area contributed by atoms with E-state index in [9.17, 15) is 8.42 Å². The number of para-hydroxylation sites is 1. The zero-order valence-corrected chi connectivity index (χ0v) is 10.5. The summed E-state index contributed by atoms with van der Waals surface area (Å²) in [6.07, 6.45) is 0. The Labute approximate surface area is 97.1 Å². The Hall–Kier alpha value is -1.07. The molecule has 1 aromatic rings. The van der Waals surface area contributed by atoms with Crippen LogP contribution in [0.5, 0.6) is 0 Å². The topological polar surface area (TPSA) is 58.2 Å². The minimum atomic E-state index is -3.20. The summed E-state index contributed by atoms with van der Waals surface area (Å²) in [7, 11) is -3.20. The van der Waals surface area contributed by atoms with Gasteiger partial charge in [-0.2, -0.15) is 0 Å². The highest BCUT2D eigenvalue weighted by Crippen LogP contribution is 2.16. The van der Waals surface area contributed by atoms with Crippen molar-refractivity contribution in [3.05, 3.63) is 29.8 Å². The van der Waals surface area contributed by atoms with Crippen LogP contribution in [0.4, 0.5) is 5.69 Å². The number of sulfonamides is 1. The average molecular weight is 242 g/mol. The molecule has 0 aliphatic heterocycles. The fourth-order valence-corrected chi connectivity index (χ4v) is 1.95. The molecule has 0 aliphatic rings. The molecule has 0 amide bonds. The second-order valence-electron chi connectivity index (χ2n) is 3.44. The lowest BCUT2D eigenvalue weighted by molar-refractivity contribution is 0.602. The SMILES string of the molecule is CCNCc1ccccc1NS(=O)(=O)CC. The van der Waals surface area contributed by atoms with E-state index in [4.69, 9.17) is 0 Å². The van der Waals surface area contributed by atoms with Crippen LogP contribution < -0.4 is 10.0 Å². The Bertz CT molecular complexity index is 429. The van der Waals surface area contributed by atoms with Gasteiger partial charge in [0.15, 0.2) is 0 Å². The molecule has 0 heterocycles. The summed E-state index contributed by atoms with van der Waals surface area (Å²) in [5.41, 5.74) is 1.62. The van der Waals surface area contributed by atoms with Crippen LogP contribution >= 0.6 is 0 Å². The first-order chi connectivity index (χ1) is 7.59. The van der Waals surface area contributed by atoms with E-state index in [-0.39, 0.29) is 5.75 Å². The molecule has 5 heteroatoms. The molecule has 90 valence electrons. The molecular formula is C11H18N2O2S. The molecule has 1 aromatic carbocycles. The van der Waals surface area contributed by atoms with Crippen LogP contribution in [0.25, 0.3) is 0 Å². The van der Waals surface area contributed by atoms with Crippen LogP contribution in [0, 0.1) is 0 Å². The number of hydrogen-bond donors (Lipinski definition) is 2. The number of hydrogen-bond acceptors (Lipinski definition) is 3. The molecule has 0 unspecified atom stereocenters. The van der Waals surface area contributed by atoms with Gasteiger partial charge in [-0.05, 0) is 25.1 Å². The zero-order chi connectivity index (χ0) is 12.0. The molecule has 0 aliphatic carbocycles. The summed E-state index contributed by atoms with van der Waals surface area (Å²) in [4.78, 5) is 0. The van der Waals surface area contributed by atoms with E-state index >= 15 is 0 Å². The molecule has 0 atom stereocenters. The average Bonchev–Trinajstić information content (AvgIpc) is 2.27. The van der Waals surface area contributed by atoms with E-state index in [2.05, 4.69) is 10.0 Å². The van der Waals surface area contributed by atoms with Crippen LogP contribution in [0.2, 0.25) is 0 Å². The van der Waals surface area contributed by atoms with Crippen molar-refractivity contribution in [1.82, 2.24) is 5.32 Å². The lowest BCUT2D eigenvalue weighted by Crippen LogP contribution is -2.18. The van der Waals surface area contributed by atoms with Gasteiger partial charge in [0.25, 0.3) is 0 Å². The molecule has 0 bridgehead atoms. The van der Waals surface area contributed by atoms with E-state index in [0.717, 1.165) is 12.1 Å². The first-order valence-electron chi connectivity index (χ1n) is 5.38. The number of benzene rings is 1. The minimum Gasteiger partial charge on any atom is -0.313 e. The lowest BCUT2D eigenvalue weighted by Gasteiger charge is -2.11. The predicted molar refractivity (Wildman–Crippen MR) is 66.9 cm³/mol. The Morgan fingerprint density at radius 2 is 1.88 bits per heavy atom. The van der Waals surface area contributed by atoms with Crippen LogP contribution in [0.1, 0.15) is 19.4 Å². The van der Waals surface area contributed by atoms with Gasteiger partial charge in [0, 0.05) is 6.54 Å². The molecule has 0 spiro atoms. The molecule has 0 fully saturated rings. The highest BCUT2D eigenvalue weighted by Gasteiger charge is 2.09. The Balaban J connectivity index is 2.86. The van der Waals surface area contributed by atoms with Gasteiger partial charge in [0.05, 0.1) is 11.4 Å². The van der Waals surface area contributed by atoms with Gasteiger partial charge in [-0.25, -0.2) is 8.42 Å². The van der Waals surface area contributed by atoms with E-state index in [1.165, 1.54) is 0 Å². The molecule has 0 radical (unpaired) electrons. The van der Waals surface area contributed by atoms with Crippen molar-refractivity contribution in [2.45, 2.75) is 20.4 Å². The largest absolute Gasteiger partial charge is 0.313 e. The third kappa shape index (κ3) is 3.83. The molecule has 4 nitrogen and oxygen atoms in total. The summed E-state index contributed by atoms with van der Waals surface area (Å²) in [5.74, 6) is 0.0859. The summed E-state index contributed by atoms with van der Waals surface area (Å²) in [5, 5.41) is 3.17. The maximum atomic E-state index is 11.5. The molecule has 0 saturated heterocycles. The van der Waals surface area contributed by atoms with Gasteiger partial charge < -0.3 is 5.32 Å². The zero-order valence-electron chi connectivity index (χ0n) is 9.66. The number of rotatable bonds is 6. The summed E-state index contributed by atoms with van der Waals surface area (Å²) in [6.45, 7) is 5.15. The number of nitrogens with one attached hydrogen (secondary N) is 2. The summed E-state index contributed by atoms with van der Waals surface area (Å²) < 4.78 is 25.5. The first kappa shape index (κ1) is 13.0. The van der Waals surface area contributed by atoms with Crippen molar-refractivity contribution in [1.29, 1.82) is 0 Å². The van der Waals surface area contributed by atoms with Crippen molar-refractivity contribution < 1.29 is 8.42 Å². The van der Waals surface area contributed by atoms with Crippen molar-refractivity contribution in [2.24, 2.45) is 0 Å². The third-order valence-corrected chi connectivity index (χ3v) is 3.52. The molecule has 1 rings (SSSR count). The highest BCUT2D eigenvalue weighted by molar-refractivity contribution is 7.92. The Morgan fingerprint density at radius 1 is 1.19 bits per heavy atom. The predicted octanol–water partition coefficient (Wildman–Crippen LogP) is 1.56. The van der Waals surface area contributed by atoms with Crippen molar-refractivity contribution in [3.8, 4) is 0 Å². The Morgan fingerprint density at radius 3 is 2.50 bits per heavy atom. The van der Waals surface area contributed by atoms with E-state index < -0.39 is 10.0 Å². The first-order valence-corrected chi connectivity index (χ1v) is 7.03. The van der Waals surface area contributed by atoms with Crippen LogP contribution in [0.15, 0.2) is 24.3 Å². The quantitative estimate of drug-likeness (QED) is 0.796. The van der Waals surface area contributed by atoms with Gasteiger partial charge in [-0.1, -0.05) is 25.1 Å². The van der Waals surface area contributed by atoms with Crippen LogP contribution in [0.3, 0.4) is 0 Å². The molecule has 2 N–H and O–H groups in total. The normalized spacial score (nSPS) is 11.4. The summed E-state index contributed by atoms with van der Waals surface area (Å²) in [6, 6.07) is 7.41. The van der Waals surface area contributed by atoms with Crippen LogP contribution in [-0.4, -0.2) is 20.7 Å². The summed E-state index contributed by atoms with van der Waals surface area (Å²) >= 11 is 0. The van der Waals surface area contributed by atoms with Crippen molar-refractivity contribution in [2.75, 3.05) is 17.0 Å². The molecular weight excluding hydrogens is 224 g/mol. The van der Waals surface area contributed by atoms with E-state index in [0.29, 0.717) is 12.2 Å². The lowest BCUT2D eigenvalue weighted by atomic mass is 10.2. The monoisotopic (exact) mass is 242 g/mol. The fraction of sp³-hybridized carbons (Fsp3) is 0.455. The standard InChI is InChI=1S/C11H18N2O2S/c1-3-12-9-10-7-5-6-8-11(10)13-16(14,15)4-2/h5-8,12-13H,3-4,9H2,1-2H3. The third-order valence-electron chi connectivity index (χ3n) is 2.23. The fourth-order valence-electron chi connectivity index (χ4n) is 1.27. The minimum absolute atomic E-state index is 0.0859. The maximum Gasteiger partial charge on any atom is 0.232 e. The van der Waals surface area contributed by atoms with Gasteiger partial charge in [-0.3, -0.25) is 4.72 Å². The van der Waals surface area contributed by atoms with Gasteiger partial charge in [0.1, 0.15) is 0 Å². The molecule has 0 aromatic heterocycles. The van der Waals surface area contributed by atoms with Crippen molar-refractivity contribution in [3.63, 3.8) is 0 Å². The smallest absolute Gasteiger partial charge is 0.232 e. The highest BCUT2D eigenvalue weighted by atomic mass is 32.2. The van der Waals surface area contributed by atoms with Crippen molar-refractivity contribution >= 4 is 15.7 Å². The number of anilines is 1. The second kappa shape index (κ2) is 5.86. The Kier molecular flexibility index (Phi) is 4.76.